The molecule has 2 nitrogen and oxygen atoms in total. The standard InChI is InChI=1S/C22H26N2/c1-16-15-17-9-5-7-11-19(17)24(16)14-13-21-22(2,3)18-10-6-8-12-20(18)23(21)4/h5-14,16,21H,15H2,1-4H3. The average molecular weight is 318 g/mol. The predicted molar refractivity (Wildman–Crippen MR) is 103 cm³/mol. The van der Waals surface area contributed by atoms with E-state index in [1.807, 2.05) is 0 Å². The van der Waals surface area contributed by atoms with Gasteiger partial charge in [-0.25, -0.2) is 0 Å². The summed E-state index contributed by atoms with van der Waals surface area (Å²) in [5.74, 6) is 0. The highest BCUT2D eigenvalue weighted by Crippen LogP contribution is 2.44. The lowest BCUT2D eigenvalue weighted by molar-refractivity contribution is 0.487. The molecular formula is C22H26N2. The summed E-state index contributed by atoms with van der Waals surface area (Å²) < 4.78 is 0. The zero-order valence-corrected chi connectivity index (χ0v) is 15.0. The third kappa shape index (κ3) is 2.16. The van der Waals surface area contributed by atoms with Gasteiger partial charge in [0, 0.05) is 36.1 Å². The first-order chi connectivity index (χ1) is 11.5. The summed E-state index contributed by atoms with van der Waals surface area (Å²) in [4.78, 5) is 4.85. The van der Waals surface area contributed by atoms with Crippen molar-refractivity contribution < 1.29 is 0 Å². The highest BCUT2D eigenvalue weighted by atomic mass is 15.2. The second kappa shape index (κ2) is 5.41. The van der Waals surface area contributed by atoms with E-state index in [0.29, 0.717) is 12.1 Å². The maximum Gasteiger partial charge on any atom is 0.0579 e. The number of benzene rings is 2. The fraction of sp³-hybridized carbons (Fsp3) is 0.364. The SMILES string of the molecule is CC1Cc2ccccc2N1C=CC1N(C)c2ccccc2C1(C)C. The van der Waals surface area contributed by atoms with E-state index in [9.17, 15) is 0 Å². The molecule has 0 aliphatic carbocycles. The summed E-state index contributed by atoms with van der Waals surface area (Å²) in [6.07, 6.45) is 5.83. The van der Waals surface area contributed by atoms with Gasteiger partial charge >= 0.3 is 0 Å². The Hall–Kier alpha value is -2.22. The number of nitrogens with zero attached hydrogens (tertiary/aromatic N) is 2. The molecule has 0 aromatic heterocycles. The van der Waals surface area contributed by atoms with Gasteiger partial charge in [0.25, 0.3) is 0 Å². The quantitative estimate of drug-likeness (QED) is 0.788. The molecule has 2 aliphatic rings. The van der Waals surface area contributed by atoms with E-state index < -0.39 is 0 Å². The second-order valence-electron chi connectivity index (χ2n) is 7.73. The van der Waals surface area contributed by atoms with Crippen molar-refractivity contribution in [2.75, 3.05) is 16.8 Å². The Labute approximate surface area is 145 Å². The molecule has 0 bridgehead atoms. The molecule has 0 N–H and O–H groups in total. The maximum absolute atomic E-state index is 2.43. The largest absolute Gasteiger partial charge is 0.367 e. The van der Waals surface area contributed by atoms with Gasteiger partial charge in [-0.05, 0) is 42.7 Å². The molecule has 0 spiro atoms. The molecule has 124 valence electrons. The van der Waals surface area contributed by atoms with E-state index in [0.717, 1.165) is 6.42 Å². The highest BCUT2D eigenvalue weighted by molar-refractivity contribution is 5.66. The maximum atomic E-state index is 2.43. The van der Waals surface area contributed by atoms with Crippen molar-refractivity contribution in [3.05, 3.63) is 71.9 Å². The van der Waals surface area contributed by atoms with Gasteiger partial charge in [0.15, 0.2) is 0 Å². The van der Waals surface area contributed by atoms with Crippen molar-refractivity contribution in [1.29, 1.82) is 0 Å². The molecule has 0 radical (unpaired) electrons. The molecule has 2 unspecified atom stereocenters. The Kier molecular flexibility index (Phi) is 3.45. The molecule has 2 atom stereocenters. The lowest BCUT2D eigenvalue weighted by Crippen LogP contribution is -2.38. The van der Waals surface area contributed by atoms with Crippen LogP contribution < -0.4 is 9.80 Å². The van der Waals surface area contributed by atoms with Crippen molar-refractivity contribution in [1.82, 2.24) is 0 Å². The van der Waals surface area contributed by atoms with Crippen LogP contribution in [-0.4, -0.2) is 19.1 Å². The van der Waals surface area contributed by atoms with E-state index in [1.165, 1.54) is 22.5 Å². The predicted octanol–water partition coefficient (Wildman–Crippen LogP) is 4.75. The summed E-state index contributed by atoms with van der Waals surface area (Å²) in [6.45, 7) is 7.01. The minimum absolute atomic E-state index is 0.115. The van der Waals surface area contributed by atoms with E-state index in [2.05, 4.69) is 98.4 Å². The lowest BCUT2D eigenvalue weighted by atomic mass is 9.80. The first-order valence-electron chi connectivity index (χ1n) is 8.87. The van der Waals surface area contributed by atoms with Crippen molar-refractivity contribution in [2.45, 2.75) is 44.7 Å². The number of hydrogen-bond acceptors (Lipinski definition) is 2. The van der Waals surface area contributed by atoms with Crippen LogP contribution in [0.15, 0.2) is 60.8 Å². The molecule has 0 saturated heterocycles. The van der Waals surface area contributed by atoms with E-state index in [4.69, 9.17) is 0 Å². The Morgan fingerprint density at radius 2 is 1.67 bits per heavy atom. The third-order valence-corrected chi connectivity index (χ3v) is 5.82. The van der Waals surface area contributed by atoms with E-state index in [-0.39, 0.29) is 5.41 Å². The van der Waals surface area contributed by atoms with Crippen LogP contribution in [0.25, 0.3) is 0 Å². The molecule has 24 heavy (non-hydrogen) atoms. The summed E-state index contributed by atoms with van der Waals surface area (Å²) in [7, 11) is 2.21. The highest BCUT2D eigenvalue weighted by Gasteiger charge is 2.41. The summed E-state index contributed by atoms with van der Waals surface area (Å²) in [5.41, 5.74) is 5.72. The summed E-state index contributed by atoms with van der Waals surface area (Å²) in [5, 5.41) is 0. The fourth-order valence-corrected chi connectivity index (χ4v) is 4.48. The van der Waals surface area contributed by atoms with Gasteiger partial charge in [-0.15, -0.1) is 0 Å². The van der Waals surface area contributed by atoms with Crippen LogP contribution in [0.3, 0.4) is 0 Å². The molecule has 4 rings (SSSR count). The monoisotopic (exact) mass is 318 g/mol. The normalized spacial score (nSPS) is 24.5. The number of para-hydroxylation sites is 2. The molecule has 0 saturated carbocycles. The molecule has 2 aromatic carbocycles. The first-order valence-corrected chi connectivity index (χ1v) is 8.87. The number of rotatable bonds is 2. The Morgan fingerprint density at radius 3 is 2.42 bits per heavy atom. The molecular weight excluding hydrogens is 292 g/mol. The van der Waals surface area contributed by atoms with Gasteiger partial charge in [0.1, 0.15) is 0 Å². The minimum Gasteiger partial charge on any atom is -0.367 e. The zero-order chi connectivity index (χ0) is 16.9. The van der Waals surface area contributed by atoms with Crippen LogP contribution in [-0.2, 0) is 11.8 Å². The minimum atomic E-state index is 0.115. The molecule has 0 fully saturated rings. The molecule has 2 aromatic rings. The Bertz CT molecular complexity index is 790. The number of anilines is 2. The van der Waals surface area contributed by atoms with Gasteiger partial charge in [0.05, 0.1) is 6.04 Å². The summed E-state index contributed by atoms with van der Waals surface area (Å²) >= 11 is 0. The van der Waals surface area contributed by atoms with Gasteiger partial charge < -0.3 is 9.80 Å². The molecule has 2 heterocycles. The molecule has 2 heteroatoms. The van der Waals surface area contributed by atoms with Crippen molar-refractivity contribution in [3.63, 3.8) is 0 Å². The van der Waals surface area contributed by atoms with Crippen LogP contribution in [0.5, 0.6) is 0 Å². The van der Waals surface area contributed by atoms with Crippen LogP contribution in [0.1, 0.15) is 31.9 Å². The average Bonchev–Trinajstić information content (AvgIpc) is 2.99. The van der Waals surface area contributed by atoms with Crippen LogP contribution in [0.4, 0.5) is 11.4 Å². The van der Waals surface area contributed by atoms with E-state index >= 15 is 0 Å². The smallest absolute Gasteiger partial charge is 0.0579 e. The number of likely N-dealkylation sites (N-methyl/N-ethyl adjacent to an activating group) is 1. The Morgan fingerprint density at radius 1 is 1.00 bits per heavy atom. The van der Waals surface area contributed by atoms with Gasteiger partial charge in [-0.1, -0.05) is 50.2 Å². The van der Waals surface area contributed by atoms with Crippen LogP contribution in [0, 0.1) is 0 Å². The lowest BCUT2D eigenvalue weighted by Gasteiger charge is -2.31. The van der Waals surface area contributed by atoms with Crippen molar-refractivity contribution in [3.8, 4) is 0 Å². The zero-order valence-electron chi connectivity index (χ0n) is 15.0. The van der Waals surface area contributed by atoms with Crippen LogP contribution in [0.2, 0.25) is 0 Å². The van der Waals surface area contributed by atoms with Gasteiger partial charge in [-0.2, -0.15) is 0 Å². The van der Waals surface area contributed by atoms with Crippen LogP contribution >= 0.6 is 0 Å². The fourth-order valence-electron chi connectivity index (χ4n) is 4.48. The van der Waals surface area contributed by atoms with Crippen molar-refractivity contribution >= 4 is 11.4 Å². The van der Waals surface area contributed by atoms with Gasteiger partial charge in [-0.3, -0.25) is 0 Å². The second-order valence-corrected chi connectivity index (χ2v) is 7.73. The molecule has 0 amide bonds. The van der Waals surface area contributed by atoms with E-state index in [1.54, 1.807) is 0 Å². The van der Waals surface area contributed by atoms with Crippen molar-refractivity contribution in [2.24, 2.45) is 0 Å². The number of fused-ring (bicyclic) bond motifs is 2. The third-order valence-electron chi connectivity index (χ3n) is 5.82. The summed E-state index contributed by atoms with van der Waals surface area (Å²) in [6, 6.07) is 18.5. The Balaban J connectivity index is 1.66. The first kappa shape index (κ1) is 15.3. The van der Waals surface area contributed by atoms with Gasteiger partial charge in [0.2, 0.25) is 0 Å². The topological polar surface area (TPSA) is 6.48 Å². The molecule has 2 aliphatic heterocycles. The number of hydrogen-bond donors (Lipinski definition) is 0.